The summed E-state index contributed by atoms with van der Waals surface area (Å²) in [6.45, 7) is 1.57. The number of ether oxygens (including phenoxy) is 8. The molecule has 0 saturated heterocycles. The van der Waals surface area contributed by atoms with E-state index in [1.54, 1.807) is 49.4 Å². The number of allylic oxidation sites excluding steroid dienone is 12. The van der Waals surface area contributed by atoms with Crippen LogP contribution in [0.2, 0.25) is 0 Å². The first-order valence-electron chi connectivity index (χ1n) is 33.7. The van der Waals surface area contributed by atoms with Crippen LogP contribution in [0.5, 0.6) is 69.0 Å². The van der Waals surface area contributed by atoms with Gasteiger partial charge in [0.1, 0.15) is 74.9 Å². The molecule has 0 aromatic heterocycles. The Kier molecular flexibility index (Phi) is 28.4. The van der Waals surface area contributed by atoms with Gasteiger partial charge in [0.05, 0.1) is 34.9 Å². The summed E-state index contributed by atoms with van der Waals surface area (Å²) in [6, 6.07) is 32.2. The summed E-state index contributed by atoms with van der Waals surface area (Å²) in [4.78, 5) is 96.6. The zero-order chi connectivity index (χ0) is 84.9. The van der Waals surface area contributed by atoms with Crippen molar-refractivity contribution >= 4 is 46.8 Å². The molecule has 8 aromatic rings. The zero-order valence-electron chi connectivity index (χ0n) is 60.0. The normalized spacial score (nSPS) is 13.6. The number of hydrogen-bond acceptors (Lipinski definition) is 16. The van der Waals surface area contributed by atoms with Crippen LogP contribution < -0.4 is 59.2 Å². The number of rotatable bonds is 20. The molecule has 117 heavy (non-hydrogen) atoms. The third-order valence-electron chi connectivity index (χ3n) is 15.3. The van der Waals surface area contributed by atoms with E-state index in [4.69, 9.17) is 23.7 Å². The maximum absolute atomic E-state index is 13.5. The second-order valence-electron chi connectivity index (χ2n) is 24.2. The largest absolute Gasteiger partial charge is 0.573 e. The minimum atomic E-state index is -4.97. The fraction of sp³-hybridized carbons (Fsp3) is 0.122. The van der Waals surface area contributed by atoms with Gasteiger partial charge in [-0.3, -0.25) is 38.4 Å². The Morgan fingerprint density at radius 1 is 0.333 bits per heavy atom. The van der Waals surface area contributed by atoms with Gasteiger partial charge in [-0.05, 0) is 170 Å². The first-order chi connectivity index (χ1) is 55.3. The molecule has 20 nitrogen and oxygen atoms in total. The van der Waals surface area contributed by atoms with Gasteiger partial charge in [-0.25, -0.2) is 13.2 Å². The summed E-state index contributed by atoms with van der Waals surface area (Å²) in [5.41, 5.74) is -1.65. The minimum absolute atomic E-state index is 0.00509. The number of aryl methyl sites for hydroxylation is 1. The number of nitrogens with one attached hydrogen (secondary N) is 4. The molecule has 0 unspecified atom stereocenters. The Bertz CT molecular complexity index is 5370. The van der Waals surface area contributed by atoms with E-state index < -0.39 is 94.7 Å². The van der Waals surface area contributed by atoms with Gasteiger partial charge in [0, 0.05) is 78.8 Å². The quantitative estimate of drug-likeness (QED) is 0.0517. The van der Waals surface area contributed by atoms with Gasteiger partial charge in [0.2, 0.25) is 0 Å². The number of amides is 4. The first-order valence-corrected chi connectivity index (χ1v) is 33.7. The van der Waals surface area contributed by atoms with Gasteiger partial charge in [-0.1, -0.05) is 48.6 Å². The van der Waals surface area contributed by atoms with Crippen LogP contribution >= 0.6 is 0 Å². The smallest absolute Gasteiger partial charge is 0.493 e. The standard InChI is InChI=1S/C21H15F4NO5.C21H15F4NO4.C20H13F4NO3.C20H14F3NO4/c1-29-19-9-12(22)5-7-18(19)30-17-8-6-15(31-21(23,24)25)11-16(17)20(28)26-13-3-2-4-14(27)10-13;1-12-9-13(22)5-7-18(12)29-19-8-6-16(30-21(23,24)25)11-17(19)20(28)26-14-3-2-4-15(27)10-14;21-12-7-9-15(10-8-12)28-17-6-2-5-16(20(22,23)24)18(17)19(27)25-13-3-1-4-14(26)11-13;21-20(22,23)28-16-9-10-18(27-15-7-2-1-3-8-15)17(12-16)19(26)24-13-5-4-6-14(25)11-13/h2-3,5-11H,4H2,1H3,(H,26,28);2-3,5-11H,4H2,1H3,(H,26,28);1-3,5-11H,4H2,(H,25,27);1-5,7-12H,6H2,(H,24,26). The highest BCUT2D eigenvalue weighted by Gasteiger charge is 2.39. The van der Waals surface area contributed by atoms with Crippen molar-refractivity contribution in [2.75, 3.05) is 7.11 Å². The van der Waals surface area contributed by atoms with E-state index in [0.717, 1.165) is 97.1 Å². The number of alkyl halides is 12. The summed E-state index contributed by atoms with van der Waals surface area (Å²) in [7, 11) is 1.27. The Labute approximate surface area is 652 Å². The number of carbonyl (C=O) groups excluding carboxylic acids is 8. The minimum Gasteiger partial charge on any atom is -0.493 e. The van der Waals surface area contributed by atoms with Crippen LogP contribution in [0.4, 0.5) is 65.9 Å². The van der Waals surface area contributed by atoms with E-state index >= 15 is 0 Å². The monoisotopic (exact) mass is 1640 g/mol. The molecule has 0 bridgehead atoms. The van der Waals surface area contributed by atoms with E-state index in [-0.39, 0.29) is 134 Å². The topological polar surface area (TPSA) is 259 Å². The fourth-order valence-electron chi connectivity index (χ4n) is 10.4. The van der Waals surface area contributed by atoms with Crippen molar-refractivity contribution in [3.63, 3.8) is 0 Å². The van der Waals surface area contributed by atoms with E-state index in [0.29, 0.717) is 11.3 Å². The first kappa shape index (κ1) is 86.6. The van der Waals surface area contributed by atoms with Crippen LogP contribution in [-0.4, -0.2) is 73.0 Å². The van der Waals surface area contributed by atoms with Crippen LogP contribution in [0, 0.1) is 24.4 Å². The Hall–Kier alpha value is -14.4. The average molecular weight is 1640 g/mol. The number of halogens is 15. The second-order valence-corrected chi connectivity index (χ2v) is 24.2. The Morgan fingerprint density at radius 2 is 0.675 bits per heavy atom. The van der Waals surface area contributed by atoms with Crippen molar-refractivity contribution in [1.29, 1.82) is 0 Å². The summed E-state index contributed by atoms with van der Waals surface area (Å²) >= 11 is 0. The predicted molar refractivity (Wildman–Crippen MR) is 385 cm³/mol. The molecule has 12 rings (SSSR count). The average Bonchev–Trinajstić information content (AvgIpc) is 0.807. The molecule has 606 valence electrons. The molecule has 0 saturated carbocycles. The molecule has 0 fully saturated rings. The highest BCUT2D eigenvalue weighted by atomic mass is 19.4. The number of hydrogen-bond donors (Lipinski definition) is 4. The van der Waals surface area contributed by atoms with Crippen LogP contribution in [0.25, 0.3) is 0 Å². The Balaban J connectivity index is 0.000000178. The molecule has 0 atom stereocenters. The van der Waals surface area contributed by atoms with Crippen molar-refractivity contribution in [2.24, 2.45) is 0 Å². The van der Waals surface area contributed by atoms with Crippen LogP contribution in [0.3, 0.4) is 0 Å². The Morgan fingerprint density at radius 3 is 1.06 bits per heavy atom. The van der Waals surface area contributed by atoms with Gasteiger partial charge in [-0.15, -0.1) is 39.5 Å². The molecule has 0 aliphatic heterocycles. The predicted octanol–water partition coefficient (Wildman–Crippen LogP) is 18.9. The molecule has 4 aliphatic rings. The number of para-hydroxylation sites is 1. The maximum atomic E-state index is 13.5. The molecular formula is C82H57F15N4O16. The van der Waals surface area contributed by atoms with E-state index in [9.17, 15) is 104 Å². The van der Waals surface area contributed by atoms with Gasteiger partial charge < -0.3 is 59.2 Å². The van der Waals surface area contributed by atoms with Gasteiger partial charge in [0.15, 0.2) is 34.6 Å². The number of methoxy groups -OCH3 is 1. The van der Waals surface area contributed by atoms with Crippen molar-refractivity contribution in [3.05, 3.63) is 310 Å². The van der Waals surface area contributed by atoms with Crippen molar-refractivity contribution in [2.45, 2.75) is 57.9 Å². The molecule has 4 aliphatic carbocycles. The highest BCUT2D eigenvalue weighted by molar-refractivity contribution is 6.04. The lowest BCUT2D eigenvalue weighted by Crippen LogP contribution is -2.27. The molecule has 35 heteroatoms. The molecule has 4 amide bonds. The summed E-state index contributed by atoms with van der Waals surface area (Å²) in [5.74, 6) is -7.82. The highest BCUT2D eigenvalue weighted by Crippen LogP contribution is 2.41. The second kappa shape index (κ2) is 38.4. The summed E-state index contributed by atoms with van der Waals surface area (Å²) < 4.78 is 232. The lowest BCUT2D eigenvalue weighted by molar-refractivity contribution is -0.275. The maximum Gasteiger partial charge on any atom is 0.573 e. The molecular weight excluding hydrogens is 1580 g/mol. The summed E-state index contributed by atoms with van der Waals surface area (Å²) in [6.07, 6.45) is -2.07. The van der Waals surface area contributed by atoms with Crippen LogP contribution in [0.1, 0.15) is 78.2 Å². The van der Waals surface area contributed by atoms with Gasteiger partial charge in [-0.2, -0.15) is 13.2 Å². The molecule has 0 spiro atoms. The van der Waals surface area contributed by atoms with Crippen molar-refractivity contribution < 1.29 is 142 Å². The van der Waals surface area contributed by atoms with Crippen molar-refractivity contribution in [3.8, 4) is 69.0 Å². The molecule has 8 aromatic carbocycles. The van der Waals surface area contributed by atoms with Gasteiger partial charge in [0.25, 0.3) is 23.6 Å². The molecule has 0 radical (unpaired) electrons. The third-order valence-corrected chi connectivity index (χ3v) is 15.3. The zero-order valence-corrected chi connectivity index (χ0v) is 60.0. The summed E-state index contributed by atoms with van der Waals surface area (Å²) in [5, 5.41) is 9.64. The molecule has 4 N–H and O–H groups in total. The van der Waals surface area contributed by atoms with E-state index in [1.165, 1.54) is 104 Å². The van der Waals surface area contributed by atoms with Crippen molar-refractivity contribution in [1.82, 2.24) is 21.3 Å². The number of benzene rings is 8. The number of carbonyl (C=O) groups is 8. The third kappa shape index (κ3) is 26.9. The van der Waals surface area contributed by atoms with Crippen LogP contribution in [-0.2, 0) is 25.4 Å². The van der Waals surface area contributed by atoms with Gasteiger partial charge >= 0.3 is 25.3 Å². The lowest BCUT2D eigenvalue weighted by atomic mass is 10.0. The number of ketones is 4. The molecule has 0 heterocycles. The van der Waals surface area contributed by atoms with E-state index in [2.05, 4.69) is 35.5 Å². The van der Waals surface area contributed by atoms with Crippen LogP contribution in [0.15, 0.2) is 259 Å². The SMILES string of the molecule is COc1cc(F)ccc1Oc1ccc(OC(F)(F)F)cc1C(=O)NC1=CC(=O)CC=C1.Cc1cc(F)ccc1Oc1ccc(OC(F)(F)F)cc1C(=O)NC1=CC(=O)CC=C1.O=C1C=C(NC(=O)c2c(Oc3ccc(F)cc3)cccc2C(F)(F)F)C=CC1.O=C1C=C(NC(=O)c2cc(OC(F)(F)F)ccc2Oc2ccccc2)C=CC1. The van der Waals surface area contributed by atoms with E-state index in [1.807, 2.05) is 0 Å². The fourth-order valence-corrected chi connectivity index (χ4v) is 10.4. The lowest BCUT2D eigenvalue weighted by Gasteiger charge is -2.17.